The lowest BCUT2D eigenvalue weighted by Crippen LogP contribution is -2.23. The van der Waals surface area contributed by atoms with Crippen molar-refractivity contribution in [3.05, 3.63) is 72.1 Å². The number of nitrogens with one attached hydrogen (secondary N) is 2. The van der Waals surface area contributed by atoms with Crippen LogP contribution in [0.3, 0.4) is 0 Å². The molecule has 0 atom stereocenters. The number of hydrogen-bond acceptors (Lipinski definition) is 3. The highest BCUT2D eigenvalue weighted by atomic mass is 32.1. The minimum absolute atomic E-state index is 0.162. The molecule has 0 saturated carbocycles. The zero-order valence-corrected chi connectivity index (χ0v) is 13.1. The van der Waals surface area contributed by atoms with Gasteiger partial charge >= 0.3 is 0 Å². The van der Waals surface area contributed by atoms with E-state index >= 15 is 0 Å². The largest absolute Gasteiger partial charge is 0.507 e. The highest BCUT2D eigenvalue weighted by Gasteiger charge is 2.03. The van der Waals surface area contributed by atoms with Crippen LogP contribution >= 0.6 is 12.2 Å². The van der Waals surface area contributed by atoms with Crippen LogP contribution in [0.1, 0.15) is 11.1 Å². The van der Waals surface area contributed by atoms with E-state index in [-0.39, 0.29) is 16.7 Å². The molecule has 0 spiro atoms. The smallest absolute Gasteiger partial charge is 0.191 e. The van der Waals surface area contributed by atoms with E-state index in [0.717, 1.165) is 5.56 Å². The first-order valence-electron chi connectivity index (χ1n) is 6.87. The van der Waals surface area contributed by atoms with Gasteiger partial charge in [-0.05, 0) is 54.5 Å². The van der Waals surface area contributed by atoms with E-state index in [2.05, 4.69) is 22.4 Å². The molecule has 4 nitrogen and oxygen atoms in total. The molecule has 23 heavy (non-hydrogen) atoms. The van der Waals surface area contributed by atoms with Crippen molar-refractivity contribution < 1.29 is 9.50 Å². The molecular formula is C17H16FN3OS. The highest BCUT2D eigenvalue weighted by molar-refractivity contribution is 7.80. The van der Waals surface area contributed by atoms with Gasteiger partial charge < -0.3 is 10.4 Å². The Kier molecular flexibility index (Phi) is 5.82. The summed E-state index contributed by atoms with van der Waals surface area (Å²) in [6.45, 7) is 3.65. The number of phenols is 1. The van der Waals surface area contributed by atoms with Crippen molar-refractivity contribution in [2.24, 2.45) is 5.10 Å². The number of para-hydroxylation sites is 1. The summed E-state index contributed by atoms with van der Waals surface area (Å²) in [6.07, 6.45) is 3.77. The van der Waals surface area contributed by atoms with E-state index in [0.29, 0.717) is 17.7 Å². The normalized spacial score (nSPS) is 10.5. The summed E-state index contributed by atoms with van der Waals surface area (Å²) >= 11 is 5.08. The fraction of sp³-hybridized carbons (Fsp3) is 0.0588. The molecule has 0 unspecified atom stereocenters. The Balaban J connectivity index is 1.96. The molecule has 0 bridgehead atoms. The first kappa shape index (κ1) is 16.6. The van der Waals surface area contributed by atoms with E-state index in [1.807, 2.05) is 12.1 Å². The Morgan fingerprint density at radius 1 is 1.26 bits per heavy atom. The van der Waals surface area contributed by atoms with Crippen LogP contribution in [0.15, 0.2) is 60.2 Å². The van der Waals surface area contributed by atoms with Crippen LogP contribution < -0.4 is 10.7 Å². The van der Waals surface area contributed by atoms with Gasteiger partial charge in [0.25, 0.3) is 0 Å². The van der Waals surface area contributed by atoms with Gasteiger partial charge in [0.15, 0.2) is 5.11 Å². The van der Waals surface area contributed by atoms with Gasteiger partial charge in [-0.15, -0.1) is 6.58 Å². The third kappa shape index (κ3) is 4.89. The molecular weight excluding hydrogens is 313 g/mol. The minimum Gasteiger partial charge on any atom is -0.507 e. The molecule has 118 valence electrons. The summed E-state index contributed by atoms with van der Waals surface area (Å²) in [4.78, 5) is 0. The predicted molar refractivity (Wildman–Crippen MR) is 95.4 cm³/mol. The van der Waals surface area contributed by atoms with Gasteiger partial charge in [0, 0.05) is 11.3 Å². The van der Waals surface area contributed by atoms with Gasteiger partial charge in [0.2, 0.25) is 0 Å². The van der Waals surface area contributed by atoms with Crippen molar-refractivity contribution in [1.82, 2.24) is 5.43 Å². The van der Waals surface area contributed by atoms with Gasteiger partial charge in [-0.2, -0.15) is 5.10 Å². The second kappa shape index (κ2) is 8.05. The zero-order chi connectivity index (χ0) is 16.7. The van der Waals surface area contributed by atoms with Crippen LogP contribution in [-0.2, 0) is 6.42 Å². The minimum atomic E-state index is -0.317. The maximum atomic E-state index is 12.8. The van der Waals surface area contributed by atoms with Crippen LogP contribution in [-0.4, -0.2) is 16.4 Å². The molecule has 0 radical (unpaired) electrons. The molecule has 0 amide bonds. The van der Waals surface area contributed by atoms with Gasteiger partial charge in [-0.1, -0.05) is 18.2 Å². The van der Waals surface area contributed by atoms with Crippen LogP contribution in [0.25, 0.3) is 0 Å². The van der Waals surface area contributed by atoms with Gasteiger partial charge in [-0.3, -0.25) is 5.43 Å². The quantitative estimate of drug-likeness (QED) is 0.340. The molecule has 0 fully saturated rings. The number of hydrazone groups is 1. The molecule has 0 aromatic heterocycles. The van der Waals surface area contributed by atoms with Crippen molar-refractivity contribution >= 4 is 29.2 Å². The number of nitrogens with zero attached hydrogens (tertiary/aromatic N) is 1. The number of aromatic hydroxyl groups is 1. The molecule has 2 aromatic rings. The van der Waals surface area contributed by atoms with Crippen LogP contribution in [0.2, 0.25) is 0 Å². The fourth-order valence-corrected chi connectivity index (χ4v) is 2.06. The number of halogens is 1. The summed E-state index contributed by atoms with van der Waals surface area (Å²) in [5, 5.41) is 17.2. The van der Waals surface area contributed by atoms with Gasteiger partial charge in [0.1, 0.15) is 11.6 Å². The average Bonchev–Trinajstić information content (AvgIpc) is 2.53. The summed E-state index contributed by atoms with van der Waals surface area (Å²) < 4.78 is 12.8. The average molecular weight is 329 g/mol. The fourth-order valence-electron chi connectivity index (χ4n) is 1.89. The topological polar surface area (TPSA) is 56.7 Å². The number of allylic oxidation sites excluding steroid dienone is 1. The third-order valence-corrected chi connectivity index (χ3v) is 3.18. The standard InChI is InChI=1S/C17H16FN3OS/c1-2-4-12-5-3-6-13(16(12)22)11-19-21-17(23)20-15-9-7-14(18)8-10-15/h2-3,5-11,22H,1,4H2,(H2,20,21,23)/b19-11+. The molecule has 3 N–H and O–H groups in total. The predicted octanol–water partition coefficient (Wildman–Crippen LogP) is 3.58. The van der Waals surface area contributed by atoms with Crippen molar-refractivity contribution in [1.29, 1.82) is 0 Å². The van der Waals surface area contributed by atoms with E-state index in [4.69, 9.17) is 12.2 Å². The maximum absolute atomic E-state index is 12.8. The number of hydrogen-bond donors (Lipinski definition) is 3. The van der Waals surface area contributed by atoms with E-state index in [1.165, 1.54) is 18.3 Å². The second-order valence-corrected chi connectivity index (χ2v) is 5.09. The van der Waals surface area contributed by atoms with Crippen molar-refractivity contribution in [3.63, 3.8) is 0 Å². The number of anilines is 1. The number of phenolic OH excluding ortho intramolecular Hbond substituents is 1. The van der Waals surface area contributed by atoms with E-state index in [9.17, 15) is 9.50 Å². The van der Waals surface area contributed by atoms with Crippen molar-refractivity contribution in [3.8, 4) is 5.75 Å². The Morgan fingerprint density at radius 2 is 2.00 bits per heavy atom. The van der Waals surface area contributed by atoms with Crippen LogP contribution in [0, 0.1) is 5.82 Å². The van der Waals surface area contributed by atoms with Crippen molar-refractivity contribution in [2.45, 2.75) is 6.42 Å². The van der Waals surface area contributed by atoms with E-state index in [1.54, 1.807) is 24.3 Å². The summed E-state index contributed by atoms with van der Waals surface area (Å²) in [5.41, 5.74) is 4.63. The Labute approximate surface area is 139 Å². The number of thiocarbonyl (C=S) groups is 1. The molecule has 0 aliphatic rings. The third-order valence-electron chi connectivity index (χ3n) is 2.99. The molecule has 0 heterocycles. The Hall–Kier alpha value is -2.73. The van der Waals surface area contributed by atoms with Gasteiger partial charge in [-0.25, -0.2) is 4.39 Å². The zero-order valence-electron chi connectivity index (χ0n) is 12.3. The second-order valence-electron chi connectivity index (χ2n) is 4.68. The Bertz CT molecular complexity index is 729. The monoisotopic (exact) mass is 329 g/mol. The lowest BCUT2D eigenvalue weighted by Gasteiger charge is -2.07. The lowest BCUT2D eigenvalue weighted by atomic mass is 10.1. The molecule has 0 aliphatic heterocycles. The molecule has 6 heteroatoms. The summed E-state index contributed by atoms with van der Waals surface area (Å²) in [7, 11) is 0. The number of rotatable bonds is 5. The summed E-state index contributed by atoms with van der Waals surface area (Å²) in [6, 6.07) is 11.2. The number of benzene rings is 2. The maximum Gasteiger partial charge on any atom is 0.191 e. The van der Waals surface area contributed by atoms with E-state index < -0.39 is 0 Å². The SMILES string of the molecule is C=CCc1cccc(/C=N/NC(=S)Nc2ccc(F)cc2)c1O. The lowest BCUT2D eigenvalue weighted by molar-refractivity contribution is 0.469. The first-order chi connectivity index (χ1) is 11.1. The molecule has 2 rings (SSSR count). The van der Waals surface area contributed by atoms with Crippen LogP contribution in [0.4, 0.5) is 10.1 Å². The summed E-state index contributed by atoms with van der Waals surface area (Å²) in [5.74, 6) is -0.155. The van der Waals surface area contributed by atoms with Gasteiger partial charge in [0.05, 0.1) is 6.21 Å². The first-order valence-corrected chi connectivity index (χ1v) is 7.28. The Morgan fingerprint density at radius 3 is 2.70 bits per heavy atom. The highest BCUT2D eigenvalue weighted by Crippen LogP contribution is 2.21. The molecule has 0 aliphatic carbocycles. The molecule has 2 aromatic carbocycles. The molecule has 0 saturated heterocycles. The van der Waals surface area contributed by atoms with Crippen LogP contribution in [0.5, 0.6) is 5.75 Å². The van der Waals surface area contributed by atoms with Crippen molar-refractivity contribution in [2.75, 3.05) is 5.32 Å².